The molecule has 2 aromatic carbocycles. The Balaban J connectivity index is 1.85. The first kappa shape index (κ1) is 19.7. The van der Waals surface area contributed by atoms with Crippen LogP contribution < -0.4 is 24.7 Å². The van der Waals surface area contributed by atoms with Crippen LogP contribution in [0.3, 0.4) is 0 Å². The van der Waals surface area contributed by atoms with E-state index < -0.39 is 0 Å². The molecule has 142 valence electrons. The summed E-state index contributed by atoms with van der Waals surface area (Å²) in [7, 11) is 6.93. The highest BCUT2D eigenvalue weighted by molar-refractivity contribution is 5.53. The van der Waals surface area contributed by atoms with E-state index in [4.69, 9.17) is 24.7 Å². The van der Waals surface area contributed by atoms with E-state index in [2.05, 4.69) is 11.9 Å². The van der Waals surface area contributed by atoms with Crippen LogP contribution in [0, 0.1) is 0 Å². The lowest BCUT2D eigenvalue weighted by Crippen LogP contribution is -2.21. The van der Waals surface area contributed by atoms with Gasteiger partial charge in [-0.3, -0.25) is 0 Å². The Morgan fingerprint density at radius 3 is 2.08 bits per heavy atom. The molecule has 0 spiro atoms. The molecule has 2 rings (SSSR count). The van der Waals surface area contributed by atoms with E-state index in [1.165, 1.54) is 0 Å². The molecule has 2 N–H and O–H groups in total. The molecule has 0 aliphatic rings. The van der Waals surface area contributed by atoms with Gasteiger partial charge in [0.2, 0.25) is 5.75 Å². The van der Waals surface area contributed by atoms with Crippen molar-refractivity contribution in [1.82, 2.24) is 4.90 Å². The molecule has 0 radical (unpaired) electrons. The Bertz CT molecular complexity index is 664. The molecular formula is C20H28N2O4. The molecule has 0 amide bonds. The highest BCUT2D eigenvalue weighted by atomic mass is 16.5. The van der Waals surface area contributed by atoms with Crippen LogP contribution in [-0.4, -0.2) is 46.4 Å². The lowest BCUT2D eigenvalue weighted by Gasteiger charge is -2.19. The summed E-state index contributed by atoms with van der Waals surface area (Å²) in [6, 6.07) is 11.4. The molecule has 0 bridgehead atoms. The Kier molecular flexibility index (Phi) is 7.41. The predicted molar refractivity (Wildman–Crippen MR) is 103 cm³/mol. The minimum atomic E-state index is 0.610. The van der Waals surface area contributed by atoms with Crippen molar-refractivity contribution < 1.29 is 18.9 Å². The molecule has 0 aromatic heterocycles. The summed E-state index contributed by atoms with van der Waals surface area (Å²) in [5, 5.41) is 0. The molecule has 0 aliphatic heterocycles. The maximum atomic E-state index is 5.73. The van der Waals surface area contributed by atoms with Crippen LogP contribution >= 0.6 is 0 Å². The van der Waals surface area contributed by atoms with Gasteiger partial charge < -0.3 is 29.6 Å². The zero-order valence-electron chi connectivity index (χ0n) is 16.0. The largest absolute Gasteiger partial charge is 0.494 e. The molecule has 6 heteroatoms. The van der Waals surface area contributed by atoms with Crippen molar-refractivity contribution >= 4 is 5.69 Å². The van der Waals surface area contributed by atoms with Crippen LogP contribution in [0.15, 0.2) is 36.4 Å². The van der Waals surface area contributed by atoms with Gasteiger partial charge in [-0.05, 0) is 55.4 Å². The Hall–Kier alpha value is -2.60. The summed E-state index contributed by atoms with van der Waals surface area (Å²) in [4.78, 5) is 2.23. The average Bonchev–Trinajstić information content (AvgIpc) is 2.65. The van der Waals surface area contributed by atoms with Crippen molar-refractivity contribution in [2.45, 2.75) is 13.0 Å². The van der Waals surface area contributed by atoms with Crippen molar-refractivity contribution in [3.63, 3.8) is 0 Å². The van der Waals surface area contributed by atoms with E-state index in [1.54, 1.807) is 21.3 Å². The van der Waals surface area contributed by atoms with Crippen molar-refractivity contribution in [2.24, 2.45) is 0 Å². The second-order valence-electron chi connectivity index (χ2n) is 6.04. The number of methoxy groups -OCH3 is 3. The van der Waals surface area contributed by atoms with Gasteiger partial charge in [0.05, 0.1) is 27.9 Å². The van der Waals surface area contributed by atoms with E-state index in [0.29, 0.717) is 23.9 Å². The molecule has 0 aliphatic carbocycles. The topological polar surface area (TPSA) is 66.2 Å². The fourth-order valence-corrected chi connectivity index (χ4v) is 2.71. The zero-order chi connectivity index (χ0) is 18.9. The number of anilines is 1. The van der Waals surface area contributed by atoms with Crippen LogP contribution in [0.2, 0.25) is 0 Å². The van der Waals surface area contributed by atoms with Gasteiger partial charge in [0.1, 0.15) is 5.75 Å². The van der Waals surface area contributed by atoms with E-state index in [0.717, 1.165) is 36.5 Å². The van der Waals surface area contributed by atoms with Gasteiger partial charge in [0, 0.05) is 18.8 Å². The summed E-state index contributed by atoms with van der Waals surface area (Å²) in [6.07, 6.45) is 0.922. The van der Waals surface area contributed by atoms with Crippen molar-refractivity contribution in [3.05, 3.63) is 42.0 Å². The molecule has 26 heavy (non-hydrogen) atoms. The first-order valence-corrected chi connectivity index (χ1v) is 8.53. The molecule has 0 saturated heterocycles. The lowest BCUT2D eigenvalue weighted by atomic mass is 10.1. The molecule has 6 nitrogen and oxygen atoms in total. The van der Waals surface area contributed by atoms with Gasteiger partial charge in [0.15, 0.2) is 11.5 Å². The molecule has 0 unspecified atom stereocenters. The number of ether oxygens (including phenoxy) is 4. The third-order valence-electron chi connectivity index (χ3n) is 4.01. The van der Waals surface area contributed by atoms with Gasteiger partial charge in [-0.15, -0.1) is 0 Å². The summed E-state index contributed by atoms with van der Waals surface area (Å²) in [5.41, 5.74) is 7.50. The number of benzene rings is 2. The van der Waals surface area contributed by atoms with Gasteiger partial charge >= 0.3 is 0 Å². The molecule has 0 heterocycles. The monoisotopic (exact) mass is 360 g/mol. The quantitative estimate of drug-likeness (QED) is 0.518. The molecule has 2 aromatic rings. The van der Waals surface area contributed by atoms with Gasteiger partial charge in [-0.25, -0.2) is 0 Å². The first-order valence-electron chi connectivity index (χ1n) is 8.53. The fraction of sp³-hybridized carbons (Fsp3) is 0.400. The zero-order valence-corrected chi connectivity index (χ0v) is 16.0. The van der Waals surface area contributed by atoms with E-state index >= 15 is 0 Å². The minimum Gasteiger partial charge on any atom is -0.494 e. The highest BCUT2D eigenvalue weighted by Gasteiger charge is 2.14. The first-order chi connectivity index (χ1) is 12.6. The number of nitrogen functional groups attached to an aromatic ring is 1. The Morgan fingerprint density at radius 1 is 0.923 bits per heavy atom. The van der Waals surface area contributed by atoms with Gasteiger partial charge in [0.25, 0.3) is 0 Å². The van der Waals surface area contributed by atoms with Crippen LogP contribution in [0.5, 0.6) is 23.0 Å². The highest BCUT2D eigenvalue weighted by Crippen LogP contribution is 2.38. The number of nitrogens with zero attached hydrogens (tertiary/aromatic N) is 1. The average molecular weight is 360 g/mol. The van der Waals surface area contributed by atoms with Crippen molar-refractivity contribution in [1.29, 1.82) is 0 Å². The summed E-state index contributed by atoms with van der Waals surface area (Å²) < 4.78 is 21.9. The standard InChI is InChI=1S/C20H28N2O4/c1-22(10-5-11-26-17-8-6-16(21)7-9-17)14-15-12-18(23-2)20(25-4)19(13-15)24-3/h6-9,12-13H,5,10-11,14,21H2,1-4H3. The van der Waals surface area contributed by atoms with Gasteiger partial charge in [-0.2, -0.15) is 0 Å². The second-order valence-corrected chi connectivity index (χ2v) is 6.04. The second kappa shape index (κ2) is 9.77. The maximum absolute atomic E-state index is 5.73. The maximum Gasteiger partial charge on any atom is 0.203 e. The van der Waals surface area contributed by atoms with E-state index in [1.807, 2.05) is 36.4 Å². The molecular weight excluding hydrogens is 332 g/mol. The van der Waals surface area contributed by atoms with Gasteiger partial charge in [-0.1, -0.05) is 0 Å². The predicted octanol–water partition coefficient (Wildman–Crippen LogP) is 3.20. The SMILES string of the molecule is COc1cc(CN(C)CCCOc2ccc(N)cc2)cc(OC)c1OC. The van der Waals surface area contributed by atoms with Crippen LogP contribution in [-0.2, 0) is 6.54 Å². The summed E-state index contributed by atoms with van der Waals surface area (Å²) >= 11 is 0. The third-order valence-corrected chi connectivity index (χ3v) is 4.01. The lowest BCUT2D eigenvalue weighted by molar-refractivity contribution is 0.258. The minimum absolute atomic E-state index is 0.610. The number of rotatable bonds is 10. The van der Waals surface area contributed by atoms with E-state index in [9.17, 15) is 0 Å². The van der Waals surface area contributed by atoms with Crippen molar-refractivity contribution in [2.75, 3.05) is 47.3 Å². The number of hydrogen-bond donors (Lipinski definition) is 1. The summed E-state index contributed by atoms with van der Waals surface area (Å²) in [6.45, 7) is 2.34. The van der Waals surface area contributed by atoms with Crippen molar-refractivity contribution in [3.8, 4) is 23.0 Å². The normalized spacial score (nSPS) is 10.7. The Labute approximate surface area is 155 Å². The Morgan fingerprint density at radius 2 is 1.54 bits per heavy atom. The van der Waals surface area contributed by atoms with Crippen LogP contribution in [0.1, 0.15) is 12.0 Å². The number of nitrogens with two attached hydrogens (primary N) is 1. The fourth-order valence-electron chi connectivity index (χ4n) is 2.71. The van der Waals surface area contributed by atoms with E-state index in [-0.39, 0.29) is 0 Å². The third kappa shape index (κ3) is 5.46. The number of hydrogen-bond acceptors (Lipinski definition) is 6. The van der Waals surface area contributed by atoms with Crippen LogP contribution in [0.25, 0.3) is 0 Å². The summed E-state index contributed by atoms with van der Waals surface area (Å²) in [5.74, 6) is 2.79. The smallest absolute Gasteiger partial charge is 0.203 e. The molecule has 0 saturated carbocycles. The van der Waals surface area contributed by atoms with Crippen LogP contribution in [0.4, 0.5) is 5.69 Å². The molecule has 0 fully saturated rings. The molecule has 0 atom stereocenters.